The number of carbonyl (C=O) groups is 4. The first-order chi connectivity index (χ1) is 17.9. The van der Waals surface area contributed by atoms with Gasteiger partial charge in [0.15, 0.2) is 11.9 Å². The Morgan fingerprint density at radius 1 is 0.838 bits per heavy atom. The molecule has 0 radical (unpaired) electrons. The van der Waals surface area contributed by atoms with Crippen LogP contribution in [0.15, 0.2) is 54.6 Å². The second kappa shape index (κ2) is 16.7. The summed E-state index contributed by atoms with van der Waals surface area (Å²) in [6, 6.07) is 15.5. The molecule has 37 heavy (non-hydrogen) atoms. The van der Waals surface area contributed by atoms with E-state index in [1.54, 1.807) is 48.5 Å². The van der Waals surface area contributed by atoms with Gasteiger partial charge in [-0.2, -0.15) is 0 Å². The Morgan fingerprint density at radius 2 is 1.49 bits per heavy atom. The zero-order chi connectivity index (χ0) is 26.9. The summed E-state index contributed by atoms with van der Waals surface area (Å²) in [7, 11) is 0. The topological polar surface area (TPSA) is 119 Å². The van der Waals surface area contributed by atoms with Gasteiger partial charge < -0.3 is 19.9 Å². The molecule has 0 heterocycles. The van der Waals surface area contributed by atoms with Crippen molar-refractivity contribution in [2.24, 2.45) is 0 Å². The van der Waals surface area contributed by atoms with E-state index in [1.165, 1.54) is 0 Å². The Bertz CT molecular complexity index is 1060. The minimum atomic E-state index is -0.900. The number of ketones is 1. The molecule has 2 rings (SSSR count). The van der Waals surface area contributed by atoms with E-state index in [-0.39, 0.29) is 31.1 Å². The number of nitrogens with one attached hydrogen (secondary N) is 1. The Labute approximate surface area is 217 Å². The van der Waals surface area contributed by atoms with Crippen molar-refractivity contribution in [1.82, 2.24) is 5.32 Å². The quantitative estimate of drug-likeness (QED) is 0.155. The lowest BCUT2D eigenvalue weighted by Gasteiger charge is -2.15. The maximum atomic E-state index is 12.5. The summed E-state index contributed by atoms with van der Waals surface area (Å²) >= 11 is 0. The monoisotopic (exact) mass is 507 g/mol. The second-order valence-electron chi connectivity index (χ2n) is 8.37. The molecule has 8 heteroatoms. The number of benzene rings is 2. The number of carbonyl (C=O) groups excluding carboxylic acids is 4. The van der Waals surface area contributed by atoms with Gasteiger partial charge in [-0.05, 0) is 31.4 Å². The van der Waals surface area contributed by atoms with Crippen molar-refractivity contribution in [1.29, 1.82) is 0 Å². The van der Waals surface area contributed by atoms with E-state index < -0.39 is 24.6 Å². The average Bonchev–Trinajstić information content (AvgIpc) is 2.93. The van der Waals surface area contributed by atoms with Gasteiger partial charge in [-0.1, -0.05) is 48.9 Å². The van der Waals surface area contributed by atoms with Crippen LogP contribution in [0, 0.1) is 12.3 Å². The van der Waals surface area contributed by atoms with E-state index in [0.29, 0.717) is 55.3 Å². The summed E-state index contributed by atoms with van der Waals surface area (Å²) < 4.78 is 10.1. The van der Waals surface area contributed by atoms with Crippen LogP contribution in [-0.2, 0) is 19.1 Å². The van der Waals surface area contributed by atoms with Crippen LogP contribution in [0.1, 0.15) is 71.2 Å². The molecule has 2 aromatic rings. The van der Waals surface area contributed by atoms with Crippen LogP contribution in [-0.4, -0.2) is 54.6 Å². The fourth-order valence-corrected chi connectivity index (χ4v) is 3.37. The molecular formula is C29H33NO7. The van der Waals surface area contributed by atoms with E-state index in [9.17, 15) is 24.3 Å². The number of esters is 2. The van der Waals surface area contributed by atoms with E-state index >= 15 is 0 Å². The molecule has 0 saturated heterocycles. The van der Waals surface area contributed by atoms with Gasteiger partial charge in [0.1, 0.15) is 6.61 Å². The van der Waals surface area contributed by atoms with E-state index in [2.05, 4.69) is 11.2 Å². The SMILES string of the molecule is C#CCCCC(=O)O[C@H](CO)COC(=O)CCCCCNC(=O)c1ccc(C(=O)c2ccccc2)cc1. The number of rotatable bonds is 16. The highest BCUT2D eigenvalue weighted by atomic mass is 16.6. The van der Waals surface area contributed by atoms with Crippen molar-refractivity contribution >= 4 is 23.6 Å². The lowest BCUT2D eigenvalue weighted by molar-refractivity contribution is -0.161. The van der Waals surface area contributed by atoms with Crippen LogP contribution in [0.4, 0.5) is 0 Å². The average molecular weight is 508 g/mol. The zero-order valence-corrected chi connectivity index (χ0v) is 20.8. The molecular weight excluding hydrogens is 474 g/mol. The van der Waals surface area contributed by atoms with E-state index in [4.69, 9.17) is 15.9 Å². The van der Waals surface area contributed by atoms with Gasteiger partial charge in [-0.25, -0.2) is 0 Å². The molecule has 0 aliphatic carbocycles. The van der Waals surface area contributed by atoms with Gasteiger partial charge in [0.25, 0.3) is 5.91 Å². The number of ether oxygens (including phenoxy) is 2. The first kappa shape index (κ1) is 29.3. The highest BCUT2D eigenvalue weighted by Gasteiger charge is 2.16. The molecule has 2 aromatic carbocycles. The van der Waals surface area contributed by atoms with Crippen molar-refractivity contribution in [2.45, 2.75) is 51.0 Å². The van der Waals surface area contributed by atoms with Crippen molar-refractivity contribution in [3.8, 4) is 12.3 Å². The van der Waals surface area contributed by atoms with Crippen molar-refractivity contribution < 1.29 is 33.8 Å². The smallest absolute Gasteiger partial charge is 0.306 e. The van der Waals surface area contributed by atoms with Crippen LogP contribution in [0.25, 0.3) is 0 Å². The molecule has 1 amide bonds. The summed E-state index contributed by atoms with van der Waals surface area (Å²) in [5.41, 5.74) is 1.56. The number of aliphatic hydroxyl groups is 1. The summed E-state index contributed by atoms with van der Waals surface area (Å²) in [4.78, 5) is 48.3. The van der Waals surface area contributed by atoms with Crippen molar-refractivity contribution in [3.05, 3.63) is 71.3 Å². The minimum Gasteiger partial charge on any atom is -0.462 e. The second-order valence-corrected chi connectivity index (χ2v) is 8.37. The molecule has 0 spiro atoms. The highest BCUT2D eigenvalue weighted by molar-refractivity contribution is 6.09. The van der Waals surface area contributed by atoms with Gasteiger partial charge in [0.05, 0.1) is 6.61 Å². The maximum Gasteiger partial charge on any atom is 0.306 e. The zero-order valence-electron chi connectivity index (χ0n) is 20.8. The number of terminal acetylenes is 1. The van der Waals surface area contributed by atoms with Crippen LogP contribution >= 0.6 is 0 Å². The summed E-state index contributed by atoms with van der Waals surface area (Å²) in [6.07, 6.45) is 7.46. The molecule has 0 bridgehead atoms. The maximum absolute atomic E-state index is 12.5. The van der Waals surface area contributed by atoms with Crippen LogP contribution in [0.5, 0.6) is 0 Å². The molecule has 2 N–H and O–H groups in total. The highest BCUT2D eigenvalue weighted by Crippen LogP contribution is 2.11. The predicted octanol–water partition coefficient (Wildman–Crippen LogP) is 3.46. The molecule has 8 nitrogen and oxygen atoms in total. The van der Waals surface area contributed by atoms with Crippen LogP contribution in [0.3, 0.4) is 0 Å². The minimum absolute atomic E-state index is 0.102. The summed E-state index contributed by atoms with van der Waals surface area (Å²) in [5.74, 6) is 1.15. The fourth-order valence-electron chi connectivity index (χ4n) is 3.37. The van der Waals surface area contributed by atoms with Gasteiger partial charge in [0, 0.05) is 42.5 Å². The third-order valence-electron chi connectivity index (χ3n) is 5.42. The van der Waals surface area contributed by atoms with Gasteiger partial charge >= 0.3 is 11.9 Å². The molecule has 0 aromatic heterocycles. The lowest BCUT2D eigenvalue weighted by atomic mass is 10.0. The molecule has 1 atom stereocenters. The molecule has 0 unspecified atom stereocenters. The lowest BCUT2D eigenvalue weighted by Crippen LogP contribution is -2.28. The Balaban J connectivity index is 1.59. The molecule has 0 fully saturated rings. The number of hydrogen-bond donors (Lipinski definition) is 2. The Morgan fingerprint density at radius 3 is 2.16 bits per heavy atom. The molecule has 0 aliphatic heterocycles. The van der Waals surface area contributed by atoms with E-state index in [1.807, 2.05) is 6.07 Å². The summed E-state index contributed by atoms with van der Waals surface area (Å²) in [5, 5.41) is 12.1. The number of aliphatic hydroxyl groups excluding tert-OH is 1. The fraction of sp³-hybridized carbons (Fsp3) is 0.379. The predicted molar refractivity (Wildman–Crippen MR) is 138 cm³/mol. The van der Waals surface area contributed by atoms with Crippen LogP contribution in [0.2, 0.25) is 0 Å². The first-order valence-electron chi connectivity index (χ1n) is 12.3. The summed E-state index contributed by atoms with van der Waals surface area (Å²) in [6.45, 7) is -0.206. The molecule has 0 aliphatic rings. The van der Waals surface area contributed by atoms with Gasteiger partial charge in [0.2, 0.25) is 0 Å². The number of hydrogen-bond acceptors (Lipinski definition) is 7. The van der Waals surface area contributed by atoms with Crippen LogP contribution < -0.4 is 5.32 Å². The third kappa shape index (κ3) is 11.1. The Kier molecular flexibility index (Phi) is 13.2. The van der Waals surface area contributed by atoms with E-state index in [0.717, 1.165) is 0 Å². The standard InChI is InChI=1S/C29H33NO7/c1-2-3-6-14-27(33)37-25(20-31)21-36-26(32)13-9-5-10-19-30-29(35)24-17-15-23(16-18-24)28(34)22-11-7-4-8-12-22/h1,4,7-8,11-12,15-18,25,31H,3,5-6,9-10,13-14,19-21H2,(H,30,35)/t25-/m1/s1. The van der Waals surface area contributed by atoms with Crippen molar-refractivity contribution in [2.75, 3.05) is 19.8 Å². The number of amides is 1. The normalized spacial score (nSPS) is 11.1. The van der Waals surface area contributed by atoms with Gasteiger partial charge in [-0.3, -0.25) is 19.2 Å². The third-order valence-corrected chi connectivity index (χ3v) is 5.42. The largest absolute Gasteiger partial charge is 0.462 e. The van der Waals surface area contributed by atoms with Gasteiger partial charge in [-0.15, -0.1) is 12.3 Å². The number of unbranched alkanes of at least 4 members (excludes halogenated alkanes) is 3. The molecule has 196 valence electrons. The first-order valence-corrected chi connectivity index (χ1v) is 12.3. The molecule has 0 saturated carbocycles. The Hall–Kier alpha value is -3.96. The van der Waals surface area contributed by atoms with Crippen molar-refractivity contribution in [3.63, 3.8) is 0 Å².